The first-order valence-electron chi connectivity index (χ1n) is 5.22. The van der Waals surface area contributed by atoms with E-state index in [1.807, 2.05) is 12.4 Å². The van der Waals surface area contributed by atoms with E-state index in [2.05, 4.69) is 41.4 Å². The molecule has 16 heavy (non-hydrogen) atoms. The molecule has 84 valence electrons. The number of hydrogen-bond acceptors (Lipinski definition) is 3. The predicted octanol–water partition coefficient (Wildman–Crippen LogP) is 2.90. The van der Waals surface area contributed by atoms with Crippen molar-refractivity contribution in [3.63, 3.8) is 0 Å². The van der Waals surface area contributed by atoms with E-state index in [1.165, 1.54) is 10.4 Å². The SMILES string of the molecule is C=Cn1cc(CNC(C)c2cccs2)cn1. The zero-order valence-corrected chi connectivity index (χ0v) is 10.1. The summed E-state index contributed by atoms with van der Waals surface area (Å²) < 4.78 is 1.72. The fourth-order valence-corrected chi connectivity index (χ4v) is 2.24. The van der Waals surface area contributed by atoms with Crippen molar-refractivity contribution in [1.29, 1.82) is 0 Å². The lowest BCUT2D eigenvalue weighted by molar-refractivity contribution is 0.583. The van der Waals surface area contributed by atoms with Crippen LogP contribution in [0.2, 0.25) is 0 Å². The lowest BCUT2D eigenvalue weighted by atomic mass is 10.2. The molecule has 2 aromatic heterocycles. The molecule has 1 N–H and O–H groups in total. The van der Waals surface area contributed by atoms with Gasteiger partial charge in [-0.2, -0.15) is 5.10 Å². The number of nitrogens with one attached hydrogen (secondary N) is 1. The molecule has 0 fully saturated rings. The molecule has 1 atom stereocenters. The Bertz CT molecular complexity index is 445. The van der Waals surface area contributed by atoms with Crippen molar-refractivity contribution < 1.29 is 0 Å². The molecule has 4 heteroatoms. The van der Waals surface area contributed by atoms with Crippen molar-refractivity contribution in [2.24, 2.45) is 0 Å². The molecule has 0 aliphatic rings. The fraction of sp³-hybridized carbons (Fsp3) is 0.250. The maximum atomic E-state index is 4.14. The van der Waals surface area contributed by atoms with Gasteiger partial charge in [-0.25, -0.2) is 4.68 Å². The van der Waals surface area contributed by atoms with E-state index in [0.717, 1.165) is 6.54 Å². The quantitative estimate of drug-likeness (QED) is 0.860. The Labute approximate surface area is 99.4 Å². The summed E-state index contributed by atoms with van der Waals surface area (Å²) in [7, 11) is 0. The van der Waals surface area contributed by atoms with E-state index in [-0.39, 0.29) is 0 Å². The molecular formula is C12H15N3S. The second kappa shape index (κ2) is 5.09. The van der Waals surface area contributed by atoms with Crippen LogP contribution in [0.5, 0.6) is 0 Å². The van der Waals surface area contributed by atoms with Crippen LogP contribution in [-0.2, 0) is 6.54 Å². The maximum Gasteiger partial charge on any atom is 0.0538 e. The monoisotopic (exact) mass is 233 g/mol. The standard InChI is InChI=1S/C12H15N3S/c1-3-15-9-11(8-14-15)7-13-10(2)12-5-4-6-16-12/h3-6,8-10,13H,1,7H2,2H3. The molecule has 0 spiro atoms. The Morgan fingerprint density at radius 2 is 2.56 bits per heavy atom. The van der Waals surface area contributed by atoms with Crippen molar-refractivity contribution in [1.82, 2.24) is 15.1 Å². The molecule has 2 heterocycles. The van der Waals surface area contributed by atoms with E-state index >= 15 is 0 Å². The third kappa shape index (κ3) is 2.59. The zero-order valence-electron chi connectivity index (χ0n) is 9.26. The van der Waals surface area contributed by atoms with Crippen molar-refractivity contribution in [3.05, 3.63) is 46.9 Å². The molecule has 2 aromatic rings. The second-order valence-electron chi connectivity index (χ2n) is 3.63. The summed E-state index contributed by atoms with van der Waals surface area (Å²) >= 11 is 1.78. The lowest BCUT2D eigenvalue weighted by Gasteiger charge is -2.10. The van der Waals surface area contributed by atoms with Crippen molar-refractivity contribution in [2.75, 3.05) is 0 Å². The molecule has 0 radical (unpaired) electrons. The minimum atomic E-state index is 0.382. The van der Waals surface area contributed by atoms with E-state index in [0.29, 0.717) is 6.04 Å². The number of rotatable bonds is 5. The molecule has 3 nitrogen and oxygen atoms in total. The third-order valence-electron chi connectivity index (χ3n) is 2.42. The Morgan fingerprint density at radius 1 is 1.69 bits per heavy atom. The van der Waals surface area contributed by atoms with Gasteiger partial charge in [-0.3, -0.25) is 0 Å². The van der Waals surface area contributed by atoms with Gasteiger partial charge in [-0.05, 0) is 18.4 Å². The van der Waals surface area contributed by atoms with Crippen LogP contribution in [0.3, 0.4) is 0 Å². The number of hydrogen-bond donors (Lipinski definition) is 1. The van der Waals surface area contributed by atoms with Crippen LogP contribution < -0.4 is 5.32 Å². The van der Waals surface area contributed by atoms with Crippen LogP contribution >= 0.6 is 11.3 Å². The van der Waals surface area contributed by atoms with Crippen LogP contribution in [0.4, 0.5) is 0 Å². The Morgan fingerprint density at radius 3 is 3.19 bits per heavy atom. The maximum absolute atomic E-state index is 4.14. The van der Waals surface area contributed by atoms with Crippen molar-refractivity contribution >= 4 is 17.5 Å². The molecule has 0 bridgehead atoms. The van der Waals surface area contributed by atoms with Crippen LogP contribution in [0, 0.1) is 0 Å². The normalized spacial score (nSPS) is 12.6. The van der Waals surface area contributed by atoms with Gasteiger partial charge >= 0.3 is 0 Å². The number of thiophene rings is 1. The molecular weight excluding hydrogens is 218 g/mol. The van der Waals surface area contributed by atoms with Gasteiger partial charge in [-0.15, -0.1) is 11.3 Å². The van der Waals surface area contributed by atoms with Gasteiger partial charge in [-0.1, -0.05) is 12.6 Å². The van der Waals surface area contributed by atoms with Gasteiger partial charge in [0.1, 0.15) is 0 Å². The van der Waals surface area contributed by atoms with E-state index in [1.54, 1.807) is 22.2 Å². The minimum Gasteiger partial charge on any atom is -0.305 e. The van der Waals surface area contributed by atoms with Crippen LogP contribution in [0.25, 0.3) is 6.20 Å². The van der Waals surface area contributed by atoms with Gasteiger partial charge < -0.3 is 5.32 Å². The summed E-state index contributed by atoms with van der Waals surface area (Å²) in [6.07, 6.45) is 5.52. The highest BCUT2D eigenvalue weighted by atomic mass is 32.1. The minimum absolute atomic E-state index is 0.382. The number of aromatic nitrogens is 2. The molecule has 0 aliphatic heterocycles. The average molecular weight is 233 g/mol. The average Bonchev–Trinajstić information content (AvgIpc) is 2.96. The van der Waals surface area contributed by atoms with Gasteiger partial charge in [0.25, 0.3) is 0 Å². The summed E-state index contributed by atoms with van der Waals surface area (Å²) in [5.41, 5.74) is 1.17. The van der Waals surface area contributed by atoms with Gasteiger partial charge in [0.15, 0.2) is 0 Å². The number of nitrogens with zero attached hydrogens (tertiary/aromatic N) is 2. The first kappa shape index (κ1) is 11.1. The summed E-state index contributed by atoms with van der Waals surface area (Å²) in [6.45, 7) is 6.66. The van der Waals surface area contributed by atoms with Crippen LogP contribution in [-0.4, -0.2) is 9.78 Å². The Balaban J connectivity index is 1.89. The summed E-state index contributed by atoms with van der Waals surface area (Å²) in [6, 6.07) is 4.61. The largest absolute Gasteiger partial charge is 0.305 e. The first-order chi connectivity index (χ1) is 7.79. The van der Waals surface area contributed by atoms with Gasteiger partial charge in [0.05, 0.1) is 6.20 Å². The molecule has 0 saturated carbocycles. The van der Waals surface area contributed by atoms with E-state index < -0.39 is 0 Å². The second-order valence-corrected chi connectivity index (χ2v) is 4.61. The summed E-state index contributed by atoms with van der Waals surface area (Å²) in [5.74, 6) is 0. The molecule has 2 rings (SSSR count). The summed E-state index contributed by atoms with van der Waals surface area (Å²) in [5, 5.41) is 9.70. The topological polar surface area (TPSA) is 29.9 Å². The highest BCUT2D eigenvalue weighted by molar-refractivity contribution is 7.10. The highest BCUT2D eigenvalue weighted by Crippen LogP contribution is 2.18. The molecule has 0 saturated heterocycles. The van der Waals surface area contributed by atoms with Crippen LogP contribution in [0.15, 0.2) is 36.5 Å². The molecule has 1 unspecified atom stereocenters. The highest BCUT2D eigenvalue weighted by Gasteiger charge is 2.05. The Kier molecular flexibility index (Phi) is 3.54. The molecule has 0 amide bonds. The predicted molar refractivity (Wildman–Crippen MR) is 68.2 cm³/mol. The first-order valence-corrected chi connectivity index (χ1v) is 6.10. The van der Waals surface area contributed by atoms with Gasteiger partial charge in [0, 0.05) is 35.4 Å². The lowest BCUT2D eigenvalue weighted by Crippen LogP contribution is -2.16. The van der Waals surface area contributed by atoms with Crippen molar-refractivity contribution in [2.45, 2.75) is 19.5 Å². The van der Waals surface area contributed by atoms with Gasteiger partial charge in [0.2, 0.25) is 0 Å². The molecule has 0 aromatic carbocycles. The van der Waals surface area contributed by atoms with E-state index in [9.17, 15) is 0 Å². The Hall–Kier alpha value is -1.39. The van der Waals surface area contributed by atoms with Crippen LogP contribution in [0.1, 0.15) is 23.4 Å². The summed E-state index contributed by atoms with van der Waals surface area (Å²) in [4.78, 5) is 1.36. The fourth-order valence-electron chi connectivity index (χ4n) is 1.48. The third-order valence-corrected chi connectivity index (χ3v) is 3.48. The smallest absolute Gasteiger partial charge is 0.0538 e. The van der Waals surface area contributed by atoms with E-state index in [4.69, 9.17) is 0 Å². The zero-order chi connectivity index (χ0) is 11.4. The van der Waals surface area contributed by atoms with Crippen molar-refractivity contribution in [3.8, 4) is 0 Å². The molecule has 0 aliphatic carbocycles.